The quantitative estimate of drug-likeness (QED) is 0.869. The molecule has 2 heterocycles. The Bertz CT molecular complexity index is 684. The molecule has 3 rings (SSSR count). The first-order valence-corrected chi connectivity index (χ1v) is 8.36. The molecule has 2 aromatic rings. The lowest BCUT2D eigenvalue weighted by molar-refractivity contribution is -0.119. The number of hydrogen-bond donors (Lipinski definition) is 0. The predicted molar refractivity (Wildman–Crippen MR) is 86.0 cm³/mol. The van der Waals surface area contributed by atoms with Crippen LogP contribution in [0.2, 0.25) is 0 Å². The maximum atomic E-state index is 12.8. The Kier molecular flexibility index (Phi) is 4.15. The fourth-order valence-electron chi connectivity index (χ4n) is 2.62. The molecule has 1 amide bonds. The van der Waals surface area contributed by atoms with E-state index in [2.05, 4.69) is 28.5 Å². The van der Waals surface area contributed by atoms with E-state index in [1.165, 1.54) is 0 Å². The number of nitrogens with zero attached hydrogens (tertiary/aromatic N) is 5. The van der Waals surface area contributed by atoms with E-state index in [4.69, 9.17) is 0 Å². The van der Waals surface area contributed by atoms with Gasteiger partial charge in [0.1, 0.15) is 6.54 Å². The molecular weight excluding hydrogens is 298 g/mol. The summed E-state index contributed by atoms with van der Waals surface area (Å²) in [5.41, 5.74) is 0.982. The molecule has 0 spiro atoms. The summed E-state index contributed by atoms with van der Waals surface area (Å²) >= 11 is 1.79. The fraction of sp³-hybridized carbons (Fsp3) is 0.467. The lowest BCUT2D eigenvalue weighted by Gasteiger charge is -2.34. The summed E-state index contributed by atoms with van der Waals surface area (Å²) in [5.74, 6) is 1.84. The van der Waals surface area contributed by atoms with Gasteiger partial charge in [-0.25, -0.2) is 4.68 Å². The van der Waals surface area contributed by atoms with E-state index in [9.17, 15) is 4.79 Å². The molecule has 1 atom stereocenters. The highest BCUT2D eigenvalue weighted by Crippen LogP contribution is 2.37. The number of anilines is 1. The molecule has 0 saturated carbocycles. The van der Waals surface area contributed by atoms with Crippen molar-refractivity contribution < 1.29 is 4.79 Å². The van der Waals surface area contributed by atoms with Crippen LogP contribution in [0.3, 0.4) is 0 Å². The van der Waals surface area contributed by atoms with Crippen LogP contribution in [-0.2, 0) is 11.3 Å². The van der Waals surface area contributed by atoms with Crippen LogP contribution >= 0.6 is 11.8 Å². The summed E-state index contributed by atoms with van der Waals surface area (Å²) in [4.78, 5) is 15.8. The van der Waals surface area contributed by atoms with Crippen LogP contribution in [0.15, 0.2) is 29.2 Å². The molecule has 0 bridgehead atoms. The van der Waals surface area contributed by atoms with Crippen LogP contribution in [-0.4, -0.2) is 37.9 Å². The van der Waals surface area contributed by atoms with Gasteiger partial charge in [-0.1, -0.05) is 26.0 Å². The first-order chi connectivity index (χ1) is 10.6. The molecule has 1 unspecified atom stereocenters. The van der Waals surface area contributed by atoms with Gasteiger partial charge in [-0.3, -0.25) is 4.79 Å². The normalized spacial score (nSPS) is 17.6. The summed E-state index contributed by atoms with van der Waals surface area (Å²) in [6.45, 7) is 6.28. The summed E-state index contributed by atoms with van der Waals surface area (Å²) in [5, 5.41) is 11.7. The van der Waals surface area contributed by atoms with E-state index in [0.717, 1.165) is 22.2 Å². The van der Waals surface area contributed by atoms with Gasteiger partial charge in [0.15, 0.2) is 5.82 Å². The monoisotopic (exact) mass is 317 g/mol. The third-order valence-electron chi connectivity index (χ3n) is 3.68. The average Bonchev–Trinajstić information content (AvgIpc) is 2.95. The number of rotatable bonds is 3. The summed E-state index contributed by atoms with van der Waals surface area (Å²) in [6.07, 6.45) is 0. The highest BCUT2D eigenvalue weighted by Gasteiger charge is 2.29. The molecule has 1 aliphatic rings. The SMILES string of the molecule is CC(C)c1nnnn1CC(=O)N1c2ccccc2SCC1C. The van der Waals surface area contributed by atoms with Crippen LogP contribution < -0.4 is 4.90 Å². The Morgan fingerprint density at radius 3 is 2.95 bits per heavy atom. The average molecular weight is 317 g/mol. The van der Waals surface area contributed by atoms with E-state index in [1.54, 1.807) is 16.4 Å². The van der Waals surface area contributed by atoms with Gasteiger partial charge in [0.25, 0.3) is 0 Å². The number of amides is 1. The van der Waals surface area contributed by atoms with Crippen molar-refractivity contribution in [2.24, 2.45) is 0 Å². The number of aromatic nitrogens is 4. The highest BCUT2D eigenvalue weighted by molar-refractivity contribution is 7.99. The number of benzene rings is 1. The minimum atomic E-state index is 0.0226. The zero-order chi connectivity index (χ0) is 15.7. The minimum Gasteiger partial charge on any atom is -0.306 e. The lowest BCUT2D eigenvalue weighted by Crippen LogP contribution is -2.44. The van der Waals surface area contributed by atoms with Crippen molar-refractivity contribution in [1.29, 1.82) is 0 Å². The predicted octanol–water partition coefficient (Wildman–Crippen LogP) is 2.32. The number of fused-ring (bicyclic) bond motifs is 1. The van der Waals surface area contributed by atoms with Gasteiger partial charge in [-0.15, -0.1) is 16.9 Å². The smallest absolute Gasteiger partial charge is 0.249 e. The molecular formula is C15H19N5OS. The molecule has 1 aliphatic heterocycles. The summed E-state index contributed by atoms with van der Waals surface area (Å²) in [7, 11) is 0. The van der Waals surface area contributed by atoms with Crippen molar-refractivity contribution in [2.45, 2.75) is 44.2 Å². The van der Waals surface area contributed by atoms with Gasteiger partial charge in [0.05, 0.1) is 5.69 Å². The maximum absolute atomic E-state index is 12.8. The van der Waals surface area contributed by atoms with Gasteiger partial charge in [0, 0.05) is 22.6 Å². The second kappa shape index (κ2) is 6.08. The second-order valence-electron chi connectivity index (χ2n) is 5.74. The summed E-state index contributed by atoms with van der Waals surface area (Å²) in [6, 6.07) is 8.19. The maximum Gasteiger partial charge on any atom is 0.249 e. The number of hydrogen-bond acceptors (Lipinski definition) is 5. The number of carbonyl (C=O) groups is 1. The Hall–Kier alpha value is -1.89. The van der Waals surface area contributed by atoms with Crippen molar-refractivity contribution >= 4 is 23.4 Å². The third kappa shape index (κ3) is 2.72. The van der Waals surface area contributed by atoms with Crippen molar-refractivity contribution in [2.75, 3.05) is 10.7 Å². The molecule has 0 saturated heterocycles. The van der Waals surface area contributed by atoms with E-state index in [-0.39, 0.29) is 24.4 Å². The standard InChI is InChI=1S/C15H19N5OS/c1-10(2)15-16-17-18-19(15)8-14(21)20-11(3)9-22-13-7-5-4-6-12(13)20/h4-7,10-11H,8-9H2,1-3H3. The molecule has 1 aromatic heterocycles. The molecule has 7 heteroatoms. The summed E-state index contributed by atoms with van der Waals surface area (Å²) < 4.78 is 1.60. The highest BCUT2D eigenvalue weighted by atomic mass is 32.2. The first-order valence-electron chi connectivity index (χ1n) is 7.38. The van der Waals surface area contributed by atoms with Crippen molar-refractivity contribution in [3.05, 3.63) is 30.1 Å². The molecule has 0 N–H and O–H groups in total. The van der Waals surface area contributed by atoms with E-state index >= 15 is 0 Å². The number of tetrazole rings is 1. The molecule has 0 aliphatic carbocycles. The molecule has 116 valence electrons. The molecule has 0 fully saturated rings. The largest absolute Gasteiger partial charge is 0.306 e. The lowest BCUT2D eigenvalue weighted by atomic mass is 10.2. The number of carbonyl (C=O) groups excluding carboxylic acids is 1. The Morgan fingerprint density at radius 1 is 1.41 bits per heavy atom. The zero-order valence-electron chi connectivity index (χ0n) is 12.9. The number of para-hydroxylation sites is 1. The fourth-order valence-corrected chi connectivity index (χ4v) is 3.68. The van der Waals surface area contributed by atoms with Crippen LogP contribution in [0.5, 0.6) is 0 Å². The van der Waals surface area contributed by atoms with Crippen molar-refractivity contribution in [3.8, 4) is 0 Å². The Labute approximate surface area is 133 Å². The topological polar surface area (TPSA) is 63.9 Å². The Balaban J connectivity index is 1.87. The van der Waals surface area contributed by atoms with Gasteiger partial charge < -0.3 is 4.90 Å². The third-order valence-corrected chi connectivity index (χ3v) is 4.98. The van der Waals surface area contributed by atoms with Crippen molar-refractivity contribution in [1.82, 2.24) is 20.2 Å². The van der Waals surface area contributed by atoms with Crippen LogP contribution in [0.4, 0.5) is 5.69 Å². The van der Waals surface area contributed by atoms with Gasteiger partial charge >= 0.3 is 0 Å². The molecule has 0 radical (unpaired) electrons. The van der Waals surface area contributed by atoms with Crippen LogP contribution in [0.25, 0.3) is 0 Å². The van der Waals surface area contributed by atoms with Crippen LogP contribution in [0.1, 0.15) is 32.5 Å². The van der Waals surface area contributed by atoms with Gasteiger partial charge in [0.2, 0.25) is 5.91 Å². The van der Waals surface area contributed by atoms with E-state index in [1.807, 2.05) is 36.9 Å². The zero-order valence-corrected chi connectivity index (χ0v) is 13.7. The van der Waals surface area contributed by atoms with Crippen molar-refractivity contribution in [3.63, 3.8) is 0 Å². The molecule has 6 nitrogen and oxygen atoms in total. The van der Waals surface area contributed by atoms with Gasteiger partial charge in [-0.2, -0.15) is 0 Å². The Morgan fingerprint density at radius 2 is 2.18 bits per heavy atom. The van der Waals surface area contributed by atoms with E-state index < -0.39 is 0 Å². The minimum absolute atomic E-state index is 0.0226. The van der Waals surface area contributed by atoms with E-state index in [0.29, 0.717) is 0 Å². The number of thioether (sulfide) groups is 1. The van der Waals surface area contributed by atoms with Gasteiger partial charge in [-0.05, 0) is 29.5 Å². The second-order valence-corrected chi connectivity index (χ2v) is 6.80. The molecule has 1 aromatic carbocycles. The van der Waals surface area contributed by atoms with Crippen LogP contribution in [0, 0.1) is 0 Å². The first kappa shape index (κ1) is 15.0. The molecule has 22 heavy (non-hydrogen) atoms.